The molecule has 1 N–H and O–H groups in total. The molecule has 20 heavy (non-hydrogen) atoms. The third-order valence-electron chi connectivity index (χ3n) is 3.03. The predicted octanol–water partition coefficient (Wildman–Crippen LogP) is 1.17. The van der Waals surface area contributed by atoms with Gasteiger partial charge in [-0.05, 0) is 12.3 Å². The molecule has 0 radical (unpaired) electrons. The fraction of sp³-hybridized carbons (Fsp3) is 0.500. The van der Waals surface area contributed by atoms with Gasteiger partial charge < -0.3 is 14.6 Å². The van der Waals surface area contributed by atoms with Crippen molar-refractivity contribution < 1.29 is 29.0 Å². The molecule has 0 amide bonds. The number of carboxylic acid groups (broad SMARTS) is 1. The molecule has 0 aromatic heterocycles. The Balaban J connectivity index is 2.48. The maximum Gasteiger partial charge on any atom is 0.330 e. The van der Waals surface area contributed by atoms with Crippen molar-refractivity contribution in [3.8, 4) is 0 Å². The summed E-state index contributed by atoms with van der Waals surface area (Å²) in [5.74, 6) is -3.67. The van der Waals surface area contributed by atoms with Crippen LogP contribution in [0.4, 0.5) is 0 Å². The molecule has 0 saturated carbocycles. The number of hydrogen-bond acceptors (Lipinski definition) is 5. The molecule has 0 heterocycles. The van der Waals surface area contributed by atoms with Crippen LogP contribution in [0.1, 0.15) is 13.3 Å². The van der Waals surface area contributed by atoms with Crippen LogP contribution in [-0.4, -0.2) is 36.2 Å². The minimum Gasteiger partial charge on any atom is -0.481 e. The van der Waals surface area contributed by atoms with Crippen molar-refractivity contribution in [3.05, 3.63) is 24.8 Å². The molecule has 3 unspecified atom stereocenters. The van der Waals surface area contributed by atoms with Crippen LogP contribution in [0.2, 0.25) is 0 Å². The van der Waals surface area contributed by atoms with Gasteiger partial charge >= 0.3 is 17.9 Å². The van der Waals surface area contributed by atoms with E-state index >= 15 is 0 Å². The van der Waals surface area contributed by atoms with Gasteiger partial charge in [0.2, 0.25) is 0 Å². The number of allylic oxidation sites excluding steroid dienone is 1. The zero-order chi connectivity index (χ0) is 15.1. The van der Waals surface area contributed by atoms with Crippen molar-refractivity contribution >= 4 is 17.9 Å². The average Bonchev–Trinajstić information content (AvgIpc) is 2.42. The Morgan fingerprint density at radius 2 is 1.95 bits per heavy atom. The number of ether oxygens (including phenoxy) is 2. The summed E-state index contributed by atoms with van der Waals surface area (Å²) < 4.78 is 9.62. The zero-order valence-electron chi connectivity index (χ0n) is 11.3. The Morgan fingerprint density at radius 1 is 1.30 bits per heavy atom. The summed E-state index contributed by atoms with van der Waals surface area (Å²) in [6.45, 7) is 4.96. The van der Waals surface area contributed by atoms with Crippen LogP contribution >= 0.6 is 0 Å². The molecule has 0 saturated heterocycles. The number of carbonyl (C=O) groups excluding carboxylic acids is 2. The number of rotatable bonds is 6. The Labute approximate surface area is 117 Å². The van der Waals surface area contributed by atoms with Gasteiger partial charge in [0.05, 0.1) is 11.8 Å². The summed E-state index contributed by atoms with van der Waals surface area (Å²) in [6.07, 6.45) is 4.75. The molecule has 1 rings (SSSR count). The van der Waals surface area contributed by atoms with Crippen molar-refractivity contribution in [2.24, 2.45) is 17.8 Å². The number of aliphatic carboxylic acids is 1. The summed E-state index contributed by atoms with van der Waals surface area (Å²) in [5.41, 5.74) is 0. The smallest absolute Gasteiger partial charge is 0.330 e. The highest BCUT2D eigenvalue weighted by atomic mass is 16.6. The standard InChI is InChI=1S/C14H18O6/c1-3-12(15)19-6-7-20-14(18)11-8-9(2)4-5-10(11)13(16)17/h3-5,9-11H,1,6-8H2,2H3,(H,16,17). The minimum absolute atomic E-state index is 0.0769. The van der Waals surface area contributed by atoms with Gasteiger partial charge in [0.25, 0.3) is 0 Å². The van der Waals surface area contributed by atoms with Crippen molar-refractivity contribution in [2.45, 2.75) is 13.3 Å². The first-order valence-electron chi connectivity index (χ1n) is 6.32. The van der Waals surface area contributed by atoms with Gasteiger partial charge in [0, 0.05) is 6.08 Å². The molecule has 0 aliphatic heterocycles. The second-order valence-corrected chi connectivity index (χ2v) is 4.61. The Hall–Kier alpha value is -2.11. The van der Waals surface area contributed by atoms with Gasteiger partial charge in [0.1, 0.15) is 13.2 Å². The van der Waals surface area contributed by atoms with E-state index in [1.807, 2.05) is 6.92 Å². The largest absolute Gasteiger partial charge is 0.481 e. The first kappa shape index (κ1) is 15.9. The molecule has 0 bridgehead atoms. The van der Waals surface area contributed by atoms with Gasteiger partial charge in [0.15, 0.2) is 0 Å². The van der Waals surface area contributed by atoms with E-state index in [4.69, 9.17) is 9.84 Å². The van der Waals surface area contributed by atoms with Crippen molar-refractivity contribution in [3.63, 3.8) is 0 Å². The van der Waals surface area contributed by atoms with E-state index in [2.05, 4.69) is 11.3 Å². The molecule has 6 heteroatoms. The molecule has 0 spiro atoms. The van der Waals surface area contributed by atoms with Crippen molar-refractivity contribution in [2.75, 3.05) is 13.2 Å². The molecule has 0 aromatic rings. The van der Waals surface area contributed by atoms with Gasteiger partial charge in [-0.15, -0.1) is 0 Å². The van der Waals surface area contributed by atoms with Gasteiger partial charge in [-0.2, -0.15) is 0 Å². The van der Waals surface area contributed by atoms with Crippen LogP contribution in [0.3, 0.4) is 0 Å². The Bertz CT molecular complexity index is 425. The molecule has 3 atom stereocenters. The summed E-state index contributed by atoms with van der Waals surface area (Å²) >= 11 is 0. The summed E-state index contributed by atoms with van der Waals surface area (Å²) in [6, 6.07) is 0. The molecule has 0 aromatic carbocycles. The third kappa shape index (κ3) is 4.53. The summed E-state index contributed by atoms with van der Waals surface area (Å²) in [4.78, 5) is 33.8. The van der Waals surface area contributed by atoms with Crippen molar-refractivity contribution in [1.29, 1.82) is 0 Å². The van der Waals surface area contributed by atoms with Crippen LogP contribution in [0, 0.1) is 17.8 Å². The lowest BCUT2D eigenvalue weighted by Gasteiger charge is -2.26. The van der Waals surface area contributed by atoms with E-state index in [0.717, 1.165) is 6.08 Å². The lowest BCUT2D eigenvalue weighted by molar-refractivity contribution is -0.159. The monoisotopic (exact) mass is 282 g/mol. The summed E-state index contributed by atoms with van der Waals surface area (Å²) in [5, 5.41) is 9.08. The predicted molar refractivity (Wildman–Crippen MR) is 69.7 cm³/mol. The first-order chi connectivity index (χ1) is 9.45. The van der Waals surface area contributed by atoms with E-state index in [1.54, 1.807) is 6.08 Å². The topological polar surface area (TPSA) is 89.9 Å². The second-order valence-electron chi connectivity index (χ2n) is 4.61. The lowest BCUT2D eigenvalue weighted by atomic mass is 9.79. The minimum atomic E-state index is -1.05. The van der Waals surface area contributed by atoms with Crippen molar-refractivity contribution in [1.82, 2.24) is 0 Å². The van der Waals surface area contributed by atoms with Crippen LogP contribution in [0.5, 0.6) is 0 Å². The van der Waals surface area contributed by atoms with Crippen LogP contribution in [-0.2, 0) is 23.9 Å². The maximum absolute atomic E-state index is 11.9. The molecule has 1 aliphatic rings. The lowest BCUT2D eigenvalue weighted by Crippen LogP contribution is -2.34. The molecule has 0 fully saturated rings. The molecule has 110 valence electrons. The van der Waals surface area contributed by atoms with E-state index in [0.29, 0.717) is 6.42 Å². The SMILES string of the molecule is C=CC(=O)OCCOC(=O)C1CC(C)C=CC1C(=O)O. The van der Waals surface area contributed by atoms with Crippen LogP contribution < -0.4 is 0 Å². The van der Waals surface area contributed by atoms with Crippen LogP contribution in [0.25, 0.3) is 0 Å². The van der Waals surface area contributed by atoms with E-state index < -0.39 is 29.7 Å². The number of hydrogen-bond donors (Lipinski definition) is 1. The fourth-order valence-corrected chi connectivity index (χ4v) is 2.02. The highest BCUT2D eigenvalue weighted by Crippen LogP contribution is 2.29. The summed E-state index contributed by atoms with van der Waals surface area (Å²) in [7, 11) is 0. The highest BCUT2D eigenvalue weighted by Gasteiger charge is 2.36. The third-order valence-corrected chi connectivity index (χ3v) is 3.03. The number of carboxylic acids is 1. The average molecular weight is 282 g/mol. The first-order valence-corrected chi connectivity index (χ1v) is 6.32. The van der Waals surface area contributed by atoms with E-state index in [1.165, 1.54) is 6.08 Å². The second kappa shape index (κ2) is 7.47. The quantitative estimate of drug-likeness (QED) is 0.340. The normalized spacial score (nSPS) is 24.8. The van der Waals surface area contributed by atoms with E-state index in [-0.39, 0.29) is 19.1 Å². The zero-order valence-corrected chi connectivity index (χ0v) is 11.3. The highest BCUT2D eigenvalue weighted by molar-refractivity contribution is 5.83. The fourth-order valence-electron chi connectivity index (χ4n) is 2.02. The Kier molecular flexibility index (Phi) is 5.96. The molecule has 1 aliphatic carbocycles. The maximum atomic E-state index is 11.9. The molecule has 6 nitrogen and oxygen atoms in total. The van der Waals surface area contributed by atoms with Crippen LogP contribution in [0.15, 0.2) is 24.8 Å². The number of esters is 2. The number of carbonyl (C=O) groups is 3. The van der Waals surface area contributed by atoms with Gasteiger partial charge in [-0.25, -0.2) is 4.79 Å². The van der Waals surface area contributed by atoms with Gasteiger partial charge in [-0.3, -0.25) is 9.59 Å². The van der Waals surface area contributed by atoms with E-state index in [9.17, 15) is 14.4 Å². The molecular formula is C14H18O6. The Morgan fingerprint density at radius 3 is 2.55 bits per heavy atom. The van der Waals surface area contributed by atoms with Gasteiger partial charge in [-0.1, -0.05) is 25.7 Å². The molecular weight excluding hydrogens is 264 g/mol.